The van der Waals surface area contributed by atoms with Gasteiger partial charge in [0.25, 0.3) is 0 Å². The van der Waals surface area contributed by atoms with Gasteiger partial charge >= 0.3 is 0 Å². The van der Waals surface area contributed by atoms with Crippen LogP contribution >= 0.6 is 11.6 Å². The second-order valence-electron chi connectivity index (χ2n) is 5.45. The fraction of sp³-hybridized carbons (Fsp3) is 0.235. The molecule has 0 heterocycles. The average Bonchev–Trinajstić information content (AvgIpc) is 2.54. The molecule has 0 saturated heterocycles. The lowest BCUT2D eigenvalue weighted by atomic mass is 10.2. The molecule has 0 fully saturated rings. The second-order valence-corrected chi connectivity index (χ2v) is 7.79. The third-order valence-electron chi connectivity index (χ3n) is 3.52. The molecule has 0 aliphatic rings. The van der Waals surface area contributed by atoms with Crippen molar-refractivity contribution in [2.75, 3.05) is 29.5 Å². The first-order valence-corrected chi connectivity index (χ1v) is 9.61. The van der Waals surface area contributed by atoms with Gasteiger partial charge in [0.15, 0.2) is 0 Å². The predicted octanol–water partition coefficient (Wildman–Crippen LogP) is 3.06. The van der Waals surface area contributed by atoms with E-state index < -0.39 is 22.5 Å². The van der Waals surface area contributed by atoms with E-state index in [1.54, 1.807) is 24.3 Å². The van der Waals surface area contributed by atoms with E-state index in [4.69, 9.17) is 16.3 Å². The van der Waals surface area contributed by atoms with Crippen LogP contribution in [0, 0.1) is 6.92 Å². The Morgan fingerprint density at radius 3 is 2.52 bits per heavy atom. The minimum Gasteiger partial charge on any atom is -0.495 e. The monoisotopic (exact) mass is 382 g/mol. The first kappa shape index (κ1) is 19.1. The molecule has 0 atom stereocenters. The summed E-state index contributed by atoms with van der Waals surface area (Å²) in [5, 5.41) is 3.05. The van der Waals surface area contributed by atoms with E-state index in [2.05, 4.69) is 5.32 Å². The van der Waals surface area contributed by atoms with Gasteiger partial charge in [0.2, 0.25) is 15.9 Å². The van der Waals surface area contributed by atoms with Gasteiger partial charge in [-0.05, 0) is 36.8 Å². The number of carbonyl (C=O) groups excluding carboxylic acids is 1. The third-order valence-corrected chi connectivity index (χ3v) is 4.88. The van der Waals surface area contributed by atoms with Gasteiger partial charge in [0.1, 0.15) is 12.3 Å². The van der Waals surface area contributed by atoms with Crippen molar-refractivity contribution in [1.29, 1.82) is 0 Å². The van der Waals surface area contributed by atoms with Crippen molar-refractivity contribution >= 4 is 38.9 Å². The summed E-state index contributed by atoms with van der Waals surface area (Å²) in [5.41, 5.74) is 1.71. The van der Waals surface area contributed by atoms with Crippen molar-refractivity contribution in [1.82, 2.24) is 0 Å². The second kappa shape index (κ2) is 7.76. The van der Waals surface area contributed by atoms with Gasteiger partial charge in [0, 0.05) is 10.7 Å². The molecule has 0 radical (unpaired) electrons. The summed E-state index contributed by atoms with van der Waals surface area (Å²) in [6.45, 7) is 1.45. The largest absolute Gasteiger partial charge is 0.495 e. The summed E-state index contributed by atoms with van der Waals surface area (Å²) in [4.78, 5) is 12.4. The lowest BCUT2D eigenvalue weighted by molar-refractivity contribution is -0.114. The van der Waals surface area contributed by atoms with E-state index in [0.717, 1.165) is 16.1 Å². The maximum absolute atomic E-state index is 12.4. The number of aryl methyl sites for hydroxylation is 1. The molecule has 0 saturated carbocycles. The summed E-state index contributed by atoms with van der Waals surface area (Å²) >= 11 is 5.98. The van der Waals surface area contributed by atoms with Crippen molar-refractivity contribution in [2.24, 2.45) is 0 Å². The smallest absolute Gasteiger partial charge is 0.245 e. The Kier molecular flexibility index (Phi) is 5.92. The van der Waals surface area contributed by atoms with Crippen LogP contribution in [0.25, 0.3) is 0 Å². The Labute approximate surface area is 152 Å². The topological polar surface area (TPSA) is 75.7 Å². The van der Waals surface area contributed by atoms with Crippen molar-refractivity contribution in [2.45, 2.75) is 6.92 Å². The predicted molar refractivity (Wildman–Crippen MR) is 100 cm³/mol. The molecule has 0 spiro atoms. The minimum atomic E-state index is -3.73. The number of methoxy groups -OCH3 is 1. The molecule has 134 valence electrons. The highest BCUT2D eigenvalue weighted by molar-refractivity contribution is 7.92. The fourth-order valence-corrected chi connectivity index (χ4v) is 3.29. The molecule has 0 aromatic heterocycles. The molecule has 0 bridgehead atoms. The highest BCUT2D eigenvalue weighted by atomic mass is 35.5. The molecular weight excluding hydrogens is 364 g/mol. The molecule has 2 aromatic carbocycles. The van der Waals surface area contributed by atoms with Crippen LogP contribution in [-0.2, 0) is 14.8 Å². The van der Waals surface area contributed by atoms with E-state index in [9.17, 15) is 13.2 Å². The summed E-state index contributed by atoms with van der Waals surface area (Å²) < 4.78 is 30.6. The normalized spacial score (nSPS) is 11.0. The van der Waals surface area contributed by atoms with Gasteiger partial charge in [-0.2, -0.15) is 0 Å². The highest BCUT2D eigenvalue weighted by Crippen LogP contribution is 2.32. The summed E-state index contributed by atoms with van der Waals surface area (Å²) in [6.07, 6.45) is 1.02. The van der Waals surface area contributed by atoms with E-state index >= 15 is 0 Å². The number of hydrogen-bond donors (Lipinski definition) is 1. The highest BCUT2D eigenvalue weighted by Gasteiger charge is 2.24. The number of halogens is 1. The number of nitrogens with one attached hydrogen (secondary N) is 1. The molecule has 0 unspecified atom stereocenters. The Bertz CT molecular complexity index is 884. The maximum atomic E-state index is 12.4. The zero-order valence-corrected chi connectivity index (χ0v) is 15.7. The number of carbonyl (C=O) groups is 1. The number of ether oxygens (including phenoxy) is 1. The number of nitrogens with zero attached hydrogens (tertiary/aromatic N) is 1. The van der Waals surface area contributed by atoms with Gasteiger partial charge in [-0.15, -0.1) is 0 Å². The number of sulfonamides is 1. The van der Waals surface area contributed by atoms with Gasteiger partial charge in [-0.25, -0.2) is 8.42 Å². The summed E-state index contributed by atoms with van der Waals surface area (Å²) in [6, 6.07) is 11.8. The van der Waals surface area contributed by atoms with E-state index in [1.165, 1.54) is 13.2 Å². The number of benzene rings is 2. The van der Waals surface area contributed by atoms with Crippen molar-refractivity contribution < 1.29 is 17.9 Å². The third kappa shape index (κ3) is 4.87. The lowest BCUT2D eigenvalue weighted by Crippen LogP contribution is -2.37. The number of rotatable bonds is 6. The molecule has 1 amide bonds. The maximum Gasteiger partial charge on any atom is 0.245 e. The molecule has 8 heteroatoms. The van der Waals surface area contributed by atoms with Crippen LogP contribution in [0.1, 0.15) is 5.56 Å². The molecule has 2 rings (SSSR count). The Hall–Kier alpha value is -2.25. The van der Waals surface area contributed by atoms with Crippen molar-refractivity contribution in [3.63, 3.8) is 0 Å². The minimum absolute atomic E-state index is 0.206. The van der Waals surface area contributed by atoms with Gasteiger partial charge in [-0.3, -0.25) is 9.10 Å². The van der Waals surface area contributed by atoms with Crippen LogP contribution in [0.15, 0.2) is 42.5 Å². The number of amides is 1. The van der Waals surface area contributed by atoms with Crippen LogP contribution in [-0.4, -0.2) is 34.2 Å². The van der Waals surface area contributed by atoms with Gasteiger partial charge < -0.3 is 10.1 Å². The van der Waals surface area contributed by atoms with Gasteiger partial charge in [-0.1, -0.05) is 29.8 Å². The van der Waals surface area contributed by atoms with Crippen LogP contribution in [0.2, 0.25) is 5.02 Å². The SMILES string of the molecule is COc1ccc(Cl)cc1N(CC(=O)Nc1ccccc1C)S(C)(=O)=O. The number of para-hydroxylation sites is 1. The van der Waals surface area contributed by atoms with Crippen molar-refractivity contribution in [3.05, 3.63) is 53.1 Å². The fourth-order valence-electron chi connectivity index (χ4n) is 2.27. The van der Waals surface area contributed by atoms with E-state index in [0.29, 0.717) is 16.5 Å². The quantitative estimate of drug-likeness (QED) is 0.833. The Morgan fingerprint density at radius 1 is 1.24 bits per heavy atom. The molecule has 0 aliphatic heterocycles. The Balaban J connectivity index is 2.32. The van der Waals surface area contributed by atoms with Crippen LogP contribution in [0.4, 0.5) is 11.4 Å². The van der Waals surface area contributed by atoms with Crippen molar-refractivity contribution in [3.8, 4) is 5.75 Å². The lowest BCUT2D eigenvalue weighted by Gasteiger charge is -2.24. The molecule has 2 aromatic rings. The van der Waals surface area contributed by atoms with Crippen LogP contribution in [0.3, 0.4) is 0 Å². The first-order valence-electron chi connectivity index (χ1n) is 7.39. The number of hydrogen-bond acceptors (Lipinski definition) is 4. The average molecular weight is 383 g/mol. The van der Waals surface area contributed by atoms with E-state index in [-0.39, 0.29) is 5.69 Å². The van der Waals surface area contributed by atoms with Crippen LogP contribution < -0.4 is 14.4 Å². The zero-order valence-electron chi connectivity index (χ0n) is 14.1. The molecule has 0 aliphatic carbocycles. The molecule has 6 nitrogen and oxygen atoms in total. The first-order chi connectivity index (χ1) is 11.7. The van der Waals surface area contributed by atoms with E-state index in [1.807, 2.05) is 19.1 Å². The number of anilines is 2. The summed E-state index contributed by atoms with van der Waals surface area (Å²) in [7, 11) is -2.31. The van der Waals surface area contributed by atoms with Gasteiger partial charge in [0.05, 0.1) is 19.1 Å². The van der Waals surface area contributed by atoms with Crippen LogP contribution in [0.5, 0.6) is 5.75 Å². The standard InChI is InChI=1S/C17H19ClN2O4S/c1-12-6-4-5-7-14(12)19-17(21)11-20(25(3,22)23)15-10-13(18)8-9-16(15)24-2/h4-10H,11H2,1-3H3,(H,19,21). The molecule has 1 N–H and O–H groups in total. The molecular formula is C17H19ClN2O4S. The Morgan fingerprint density at radius 2 is 1.92 bits per heavy atom. The molecule has 25 heavy (non-hydrogen) atoms. The summed E-state index contributed by atoms with van der Waals surface area (Å²) in [5.74, 6) is -0.166. The zero-order chi connectivity index (χ0) is 18.6.